The number of nitrogens with one attached hydrogen (secondary N) is 1. The zero-order valence-electron chi connectivity index (χ0n) is 17.9. The maximum absolute atomic E-state index is 5.96. The highest BCUT2D eigenvalue weighted by Gasteiger charge is 2.26. The summed E-state index contributed by atoms with van der Waals surface area (Å²) in [5.74, 6) is 2.45. The number of hydrogen-bond acceptors (Lipinski definition) is 3. The summed E-state index contributed by atoms with van der Waals surface area (Å²) in [5.41, 5.74) is 1.25. The first-order chi connectivity index (χ1) is 13.7. The second kappa shape index (κ2) is 10.8. The van der Waals surface area contributed by atoms with Crippen molar-refractivity contribution < 1.29 is 4.74 Å². The summed E-state index contributed by atoms with van der Waals surface area (Å²) in [6, 6.07) is 11.0. The largest absolute Gasteiger partial charge is 0.376 e. The SMILES string of the molecule is CN=C(NCC(C)N1CCCC(C)C1)N1CCC(COCc2ccccc2)C1. The number of nitrogens with zero attached hydrogens (tertiary/aromatic N) is 3. The third-order valence-electron chi connectivity index (χ3n) is 6.13. The first kappa shape index (κ1) is 21.1. The van der Waals surface area contributed by atoms with Crippen LogP contribution >= 0.6 is 0 Å². The second-order valence-electron chi connectivity index (χ2n) is 8.62. The summed E-state index contributed by atoms with van der Waals surface area (Å²) in [6.45, 7) is 11.8. The molecule has 2 heterocycles. The second-order valence-corrected chi connectivity index (χ2v) is 8.62. The summed E-state index contributed by atoms with van der Waals surface area (Å²) < 4.78 is 5.96. The van der Waals surface area contributed by atoms with Gasteiger partial charge < -0.3 is 15.0 Å². The van der Waals surface area contributed by atoms with Crippen LogP contribution in [0.3, 0.4) is 0 Å². The van der Waals surface area contributed by atoms with Gasteiger partial charge in [0, 0.05) is 45.2 Å². The normalized spacial score (nSPS) is 25.1. The zero-order valence-corrected chi connectivity index (χ0v) is 17.9. The molecule has 0 radical (unpaired) electrons. The molecular formula is C23H38N4O. The average molecular weight is 387 g/mol. The van der Waals surface area contributed by atoms with Crippen LogP contribution in [0.1, 0.15) is 38.7 Å². The van der Waals surface area contributed by atoms with Gasteiger partial charge in [-0.05, 0) is 44.2 Å². The molecule has 1 aromatic carbocycles. The Morgan fingerprint density at radius 2 is 2.04 bits per heavy atom. The minimum atomic E-state index is 0.548. The highest BCUT2D eigenvalue weighted by atomic mass is 16.5. The Bertz CT molecular complexity index is 606. The molecule has 3 rings (SSSR count). The first-order valence-electron chi connectivity index (χ1n) is 11.0. The number of aliphatic imine (C=N–C) groups is 1. The molecule has 0 aliphatic carbocycles. The van der Waals surface area contributed by atoms with Gasteiger partial charge in [-0.3, -0.25) is 9.89 Å². The molecule has 0 bridgehead atoms. The Hall–Kier alpha value is -1.59. The predicted octanol–water partition coefficient (Wildman–Crippen LogP) is 3.22. The summed E-state index contributed by atoms with van der Waals surface area (Å²) in [5, 5.41) is 3.62. The minimum Gasteiger partial charge on any atom is -0.376 e. The van der Waals surface area contributed by atoms with E-state index in [0.717, 1.165) is 38.1 Å². The fraction of sp³-hybridized carbons (Fsp3) is 0.696. The van der Waals surface area contributed by atoms with Gasteiger partial charge >= 0.3 is 0 Å². The third-order valence-corrected chi connectivity index (χ3v) is 6.13. The smallest absolute Gasteiger partial charge is 0.193 e. The minimum absolute atomic E-state index is 0.548. The van der Waals surface area contributed by atoms with E-state index in [4.69, 9.17) is 4.74 Å². The summed E-state index contributed by atoms with van der Waals surface area (Å²) >= 11 is 0. The number of piperidine rings is 1. The van der Waals surface area contributed by atoms with E-state index in [9.17, 15) is 0 Å². The Kier molecular flexibility index (Phi) is 8.16. The molecule has 0 aromatic heterocycles. The van der Waals surface area contributed by atoms with Gasteiger partial charge in [0.05, 0.1) is 13.2 Å². The lowest BCUT2D eigenvalue weighted by atomic mass is 9.99. The van der Waals surface area contributed by atoms with Gasteiger partial charge in [-0.2, -0.15) is 0 Å². The first-order valence-corrected chi connectivity index (χ1v) is 11.0. The van der Waals surface area contributed by atoms with Crippen LogP contribution in [0.15, 0.2) is 35.3 Å². The number of rotatable bonds is 7. The van der Waals surface area contributed by atoms with Crippen molar-refractivity contribution in [3.05, 3.63) is 35.9 Å². The molecule has 0 amide bonds. The van der Waals surface area contributed by atoms with Crippen LogP contribution in [0.25, 0.3) is 0 Å². The van der Waals surface area contributed by atoms with Gasteiger partial charge in [-0.1, -0.05) is 37.3 Å². The molecule has 0 spiro atoms. The van der Waals surface area contributed by atoms with Crippen molar-refractivity contribution >= 4 is 5.96 Å². The van der Waals surface area contributed by atoms with Crippen molar-refractivity contribution in [2.24, 2.45) is 16.8 Å². The van der Waals surface area contributed by atoms with E-state index < -0.39 is 0 Å². The van der Waals surface area contributed by atoms with Gasteiger partial charge in [0.15, 0.2) is 5.96 Å². The molecule has 1 aromatic rings. The predicted molar refractivity (Wildman–Crippen MR) is 117 cm³/mol. The zero-order chi connectivity index (χ0) is 19.8. The van der Waals surface area contributed by atoms with E-state index in [0.29, 0.717) is 18.6 Å². The molecule has 2 aliphatic rings. The molecule has 5 nitrogen and oxygen atoms in total. The van der Waals surface area contributed by atoms with E-state index in [-0.39, 0.29) is 0 Å². The van der Waals surface area contributed by atoms with E-state index >= 15 is 0 Å². The Morgan fingerprint density at radius 1 is 1.21 bits per heavy atom. The van der Waals surface area contributed by atoms with Crippen LogP contribution in [-0.2, 0) is 11.3 Å². The third kappa shape index (κ3) is 6.21. The summed E-state index contributed by atoms with van der Waals surface area (Å²) in [7, 11) is 1.90. The van der Waals surface area contributed by atoms with E-state index in [1.165, 1.54) is 37.9 Å². The van der Waals surface area contributed by atoms with Crippen molar-refractivity contribution in [1.82, 2.24) is 15.1 Å². The molecule has 2 aliphatic heterocycles. The maximum atomic E-state index is 5.96. The van der Waals surface area contributed by atoms with Crippen molar-refractivity contribution in [3.63, 3.8) is 0 Å². The van der Waals surface area contributed by atoms with Crippen LogP contribution < -0.4 is 5.32 Å². The molecule has 3 unspecified atom stereocenters. The topological polar surface area (TPSA) is 40.1 Å². The molecule has 3 atom stereocenters. The van der Waals surface area contributed by atoms with Crippen molar-refractivity contribution in [2.75, 3.05) is 46.4 Å². The Balaban J connectivity index is 1.37. The molecule has 156 valence electrons. The van der Waals surface area contributed by atoms with Gasteiger partial charge in [-0.25, -0.2) is 0 Å². The Labute approximate surface area is 171 Å². The summed E-state index contributed by atoms with van der Waals surface area (Å²) in [6.07, 6.45) is 3.88. The molecular weight excluding hydrogens is 348 g/mol. The average Bonchev–Trinajstić information content (AvgIpc) is 3.18. The molecule has 2 fully saturated rings. The quantitative estimate of drug-likeness (QED) is 0.577. The highest BCUT2D eigenvalue weighted by molar-refractivity contribution is 5.80. The molecule has 1 N–H and O–H groups in total. The standard InChI is InChI=1S/C23H38N4O/c1-19-8-7-12-26(15-19)20(2)14-25-23(24-3)27-13-11-22(16-27)18-28-17-21-9-5-4-6-10-21/h4-6,9-10,19-20,22H,7-8,11-18H2,1-3H3,(H,24,25). The maximum Gasteiger partial charge on any atom is 0.193 e. The van der Waals surface area contributed by atoms with Crippen molar-refractivity contribution in [3.8, 4) is 0 Å². The number of hydrogen-bond donors (Lipinski definition) is 1. The van der Waals surface area contributed by atoms with Crippen molar-refractivity contribution in [2.45, 2.75) is 45.8 Å². The van der Waals surface area contributed by atoms with Crippen LogP contribution in [0.5, 0.6) is 0 Å². The molecule has 5 heteroatoms. The van der Waals surface area contributed by atoms with Crippen LogP contribution in [0.2, 0.25) is 0 Å². The van der Waals surface area contributed by atoms with Gasteiger partial charge in [0.2, 0.25) is 0 Å². The lowest BCUT2D eigenvalue weighted by Crippen LogP contribution is -2.49. The lowest BCUT2D eigenvalue weighted by molar-refractivity contribution is 0.0906. The number of ether oxygens (including phenoxy) is 1. The van der Waals surface area contributed by atoms with Gasteiger partial charge in [0.1, 0.15) is 0 Å². The lowest BCUT2D eigenvalue weighted by Gasteiger charge is -2.36. The van der Waals surface area contributed by atoms with E-state index in [1.54, 1.807) is 0 Å². The van der Waals surface area contributed by atoms with Gasteiger partial charge in [0.25, 0.3) is 0 Å². The Morgan fingerprint density at radius 3 is 2.79 bits per heavy atom. The van der Waals surface area contributed by atoms with E-state index in [1.807, 2.05) is 13.1 Å². The number of likely N-dealkylation sites (tertiary alicyclic amines) is 2. The monoisotopic (exact) mass is 386 g/mol. The molecule has 28 heavy (non-hydrogen) atoms. The van der Waals surface area contributed by atoms with Crippen LogP contribution in [0, 0.1) is 11.8 Å². The van der Waals surface area contributed by atoms with E-state index in [2.05, 4.69) is 58.2 Å². The van der Waals surface area contributed by atoms with Crippen molar-refractivity contribution in [1.29, 1.82) is 0 Å². The highest BCUT2D eigenvalue weighted by Crippen LogP contribution is 2.19. The summed E-state index contributed by atoms with van der Waals surface area (Å²) in [4.78, 5) is 9.55. The van der Waals surface area contributed by atoms with Gasteiger partial charge in [-0.15, -0.1) is 0 Å². The molecule has 0 saturated carbocycles. The fourth-order valence-corrected chi connectivity index (χ4v) is 4.41. The van der Waals surface area contributed by atoms with Crippen LogP contribution in [0.4, 0.5) is 0 Å². The number of guanidine groups is 1. The number of benzene rings is 1. The fourth-order valence-electron chi connectivity index (χ4n) is 4.41. The van der Waals surface area contributed by atoms with Crippen LogP contribution in [-0.4, -0.2) is 68.2 Å². The molecule has 2 saturated heterocycles.